The molecular weight excluding hydrogens is 236 g/mol. The first-order valence-electron chi connectivity index (χ1n) is 6.07. The van der Waals surface area contributed by atoms with Crippen LogP contribution in [0.15, 0.2) is 18.2 Å². The molecule has 0 unspecified atom stereocenters. The van der Waals surface area contributed by atoms with Gasteiger partial charge in [-0.25, -0.2) is 0 Å². The van der Waals surface area contributed by atoms with Crippen molar-refractivity contribution < 1.29 is 4.74 Å². The molecule has 0 amide bonds. The summed E-state index contributed by atoms with van der Waals surface area (Å²) in [7, 11) is 1.93. The lowest BCUT2D eigenvalue weighted by Gasteiger charge is -2.22. The lowest BCUT2D eigenvalue weighted by molar-refractivity contribution is 0.152. The third-order valence-electron chi connectivity index (χ3n) is 2.99. The second kappa shape index (κ2) is 6.24. The Morgan fingerprint density at radius 1 is 1.35 bits per heavy atom. The first-order chi connectivity index (χ1) is 8.31. The zero-order valence-corrected chi connectivity index (χ0v) is 11.0. The summed E-state index contributed by atoms with van der Waals surface area (Å²) >= 11 is 6.27. The van der Waals surface area contributed by atoms with Gasteiger partial charge in [0, 0.05) is 37.0 Å². The molecule has 1 N–H and O–H groups in total. The fourth-order valence-corrected chi connectivity index (χ4v) is 2.31. The van der Waals surface area contributed by atoms with Gasteiger partial charge in [0.1, 0.15) is 0 Å². The van der Waals surface area contributed by atoms with E-state index in [1.807, 2.05) is 7.05 Å². The highest BCUT2D eigenvalue weighted by Gasteiger charge is 2.11. The van der Waals surface area contributed by atoms with Crippen molar-refractivity contribution in [2.24, 2.45) is 0 Å². The summed E-state index contributed by atoms with van der Waals surface area (Å²) in [5, 5.41) is 3.95. The van der Waals surface area contributed by atoms with Crippen LogP contribution < -0.4 is 10.2 Å². The van der Waals surface area contributed by atoms with Crippen molar-refractivity contribution in [3.63, 3.8) is 0 Å². The van der Waals surface area contributed by atoms with E-state index >= 15 is 0 Å². The van der Waals surface area contributed by atoms with Gasteiger partial charge in [0.15, 0.2) is 0 Å². The quantitative estimate of drug-likeness (QED) is 0.896. The maximum absolute atomic E-state index is 6.27. The van der Waals surface area contributed by atoms with Gasteiger partial charge in [-0.15, -0.1) is 0 Å². The fraction of sp³-hybridized carbons (Fsp3) is 0.538. The highest BCUT2D eigenvalue weighted by atomic mass is 35.5. The normalized spacial score (nSPS) is 16.9. The minimum Gasteiger partial charge on any atom is -0.380 e. The van der Waals surface area contributed by atoms with E-state index < -0.39 is 0 Å². The van der Waals surface area contributed by atoms with Crippen molar-refractivity contribution in [1.29, 1.82) is 0 Å². The Balaban J connectivity index is 2.12. The monoisotopic (exact) mass is 254 g/mol. The van der Waals surface area contributed by atoms with Crippen LogP contribution in [0.5, 0.6) is 0 Å². The Labute approximate surface area is 108 Å². The van der Waals surface area contributed by atoms with Crippen LogP contribution in [0.2, 0.25) is 5.02 Å². The lowest BCUT2D eigenvalue weighted by atomic mass is 10.2. The second-order valence-corrected chi connectivity index (χ2v) is 4.67. The van der Waals surface area contributed by atoms with Crippen molar-refractivity contribution in [3.05, 3.63) is 28.8 Å². The fourth-order valence-electron chi connectivity index (χ4n) is 2.07. The molecular formula is C13H19ClN2O. The molecule has 1 aliphatic heterocycles. The van der Waals surface area contributed by atoms with Crippen molar-refractivity contribution in [1.82, 2.24) is 5.32 Å². The third-order valence-corrected chi connectivity index (χ3v) is 3.34. The Kier molecular flexibility index (Phi) is 4.66. The number of hydrogen-bond donors (Lipinski definition) is 1. The molecule has 94 valence electrons. The van der Waals surface area contributed by atoms with Crippen LogP contribution in [0.25, 0.3) is 0 Å². The van der Waals surface area contributed by atoms with E-state index in [0.29, 0.717) is 0 Å². The zero-order chi connectivity index (χ0) is 12.1. The van der Waals surface area contributed by atoms with Crippen molar-refractivity contribution in [2.45, 2.75) is 13.0 Å². The molecule has 17 heavy (non-hydrogen) atoms. The van der Waals surface area contributed by atoms with Crippen molar-refractivity contribution in [3.8, 4) is 0 Å². The third kappa shape index (κ3) is 3.35. The minimum atomic E-state index is 0.801. The number of rotatable bonds is 3. The molecule has 1 aromatic carbocycles. The van der Waals surface area contributed by atoms with Gasteiger partial charge in [0.2, 0.25) is 0 Å². The number of benzene rings is 1. The molecule has 0 aliphatic carbocycles. The molecule has 3 nitrogen and oxygen atoms in total. The van der Waals surface area contributed by atoms with Crippen LogP contribution in [0, 0.1) is 0 Å². The van der Waals surface area contributed by atoms with Gasteiger partial charge in [-0.05, 0) is 31.2 Å². The largest absolute Gasteiger partial charge is 0.380 e. The van der Waals surface area contributed by atoms with Gasteiger partial charge in [-0.3, -0.25) is 0 Å². The number of nitrogens with zero attached hydrogens (tertiary/aromatic N) is 1. The first-order valence-corrected chi connectivity index (χ1v) is 6.45. The van der Waals surface area contributed by atoms with Gasteiger partial charge in [0.25, 0.3) is 0 Å². The molecule has 4 heteroatoms. The molecule has 2 rings (SSSR count). The standard InChI is InChI=1S/C13H19ClN2O/c1-15-10-11-3-4-12(9-13(11)14)16-5-2-7-17-8-6-16/h3-4,9,15H,2,5-8,10H2,1H3. The highest BCUT2D eigenvalue weighted by molar-refractivity contribution is 6.31. The SMILES string of the molecule is CNCc1ccc(N2CCCOCC2)cc1Cl. The molecule has 1 aromatic rings. The Morgan fingerprint density at radius 2 is 2.24 bits per heavy atom. The Bertz CT molecular complexity index is 362. The number of hydrogen-bond acceptors (Lipinski definition) is 3. The van der Waals surface area contributed by atoms with E-state index in [-0.39, 0.29) is 0 Å². The maximum Gasteiger partial charge on any atom is 0.0641 e. The molecule has 0 aromatic heterocycles. The van der Waals surface area contributed by atoms with Gasteiger partial charge in [-0.2, -0.15) is 0 Å². The highest BCUT2D eigenvalue weighted by Crippen LogP contribution is 2.24. The average molecular weight is 255 g/mol. The van der Waals surface area contributed by atoms with E-state index in [2.05, 4.69) is 28.4 Å². The van der Waals surface area contributed by atoms with E-state index in [4.69, 9.17) is 16.3 Å². The summed E-state index contributed by atoms with van der Waals surface area (Å²) in [5.41, 5.74) is 2.34. The molecule has 1 aliphatic rings. The summed E-state index contributed by atoms with van der Waals surface area (Å²) in [4.78, 5) is 2.34. The van der Waals surface area contributed by atoms with Gasteiger partial charge in [-0.1, -0.05) is 17.7 Å². The molecule has 1 fully saturated rings. The van der Waals surface area contributed by atoms with Crippen LogP contribution in [0.1, 0.15) is 12.0 Å². The average Bonchev–Trinajstić information content (AvgIpc) is 2.60. The molecule has 0 spiro atoms. The topological polar surface area (TPSA) is 24.5 Å². The van der Waals surface area contributed by atoms with Crippen LogP contribution in [-0.2, 0) is 11.3 Å². The maximum atomic E-state index is 6.27. The van der Waals surface area contributed by atoms with Crippen LogP contribution in [0.3, 0.4) is 0 Å². The van der Waals surface area contributed by atoms with E-state index in [9.17, 15) is 0 Å². The van der Waals surface area contributed by atoms with Crippen LogP contribution in [0.4, 0.5) is 5.69 Å². The molecule has 0 atom stereocenters. The van der Waals surface area contributed by atoms with Crippen LogP contribution in [-0.4, -0.2) is 33.4 Å². The predicted molar refractivity (Wildman–Crippen MR) is 71.9 cm³/mol. The smallest absolute Gasteiger partial charge is 0.0641 e. The number of ether oxygens (including phenoxy) is 1. The summed E-state index contributed by atoms with van der Waals surface area (Å²) in [6.45, 7) is 4.46. The number of anilines is 1. The summed E-state index contributed by atoms with van der Waals surface area (Å²) in [6.07, 6.45) is 1.08. The van der Waals surface area contributed by atoms with E-state index in [1.165, 1.54) is 5.69 Å². The molecule has 1 heterocycles. The Morgan fingerprint density at radius 3 is 3.00 bits per heavy atom. The Hall–Kier alpha value is -0.770. The van der Waals surface area contributed by atoms with Gasteiger partial charge < -0.3 is 15.0 Å². The summed E-state index contributed by atoms with van der Waals surface area (Å²) < 4.78 is 5.45. The van der Waals surface area contributed by atoms with Crippen molar-refractivity contribution >= 4 is 17.3 Å². The van der Waals surface area contributed by atoms with E-state index in [1.54, 1.807) is 0 Å². The summed E-state index contributed by atoms with van der Waals surface area (Å²) in [5.74, 6) is 0. The zero-order valence-electron chi connectivity index (χ0n) is 10.2. The minimum absolute atomic E-state index is 0.801. The first kappa shape index (κ1) is 12.7. The molecule has 0 radical (unpaired) electrons. The second-order valence-electron chi connectivity index (χ2n) is 4.26. The number of halogens is 1. The lowest BCUT2D eigenvalue weighted by Crippen LogP contribution is -2.25. The van der Waals surface area contributed by atoms with Crippen molar-refractivity contribution in [2.75, 3.05) is 38.3 Å². The summed E-state index contributed by atoms with van der Waals surface area (Å²) in [6, 6.07) is 6.29. The molecule has 1 saturated heterocycles. The predicted octanol–water partition coefficient (Wildman–Crippen LogP) is 2.29. The molecule has 0 saturated carbocycles. The molecule has 0 bridgehead atoms. The van der Waals surface area contributed by atoms with E-state index in [0.717, 1.165) is 49.9 Å². The number of nitrogens with one attached hydrogen (secondary N) is 1. The van der Waals surface area contributed by atoms with Gasteiger partial charge in [0.05, 0.1) is 6.61 Å². The van der Waals surface area contributed by atoms with Crippen LogP contribution >= 0.6 is 11.6 Å². The van der Waals surface area contributed by atoms with Gasteiger partial charge >= 0.3 is 0 Å².